The second kappa shape index (κ2) is 6.07. The summed E-state index contributed by atoms with van der Waals surface area (Å²) < 4.78 is 10.5. The molecular weight excluding hydrogens is 277 g/mol. The van der Waals surface area contributed by atoms with Crippen molar-refractivity contribution in [1.29, 1.82) is 0 Å². The fourth-order valence-electron chi connectivity index (χ4n) is 1.31. The molecule has 0 saturated heterocycles. The van der Waals surface area contributed by atoms with E-state index in [1.807, 2.05) is 0 Å². The molecule has 0 aromatic carbocycles. The second-order valence-corrected chi connectivity index (χ2v) is 4.11. The molecule has 16 heavy (non-hydrogen) atoms. The standard InChI is InChI=1S/C9H13BBrNO4/c1-10(14)12-7(9(13)15-2)5-6-3-4-8(11)16-6/h3-4,7,12,14H,5H2,1-2H3/t7-/m0/s1. The predicted molar refractivity (Wildman–Crippen MR) is 62.9 cm³/mol. The van der Waals surface area contributed by atoms with Gasteiger partial charge < -0.3 is 19.4 Å². The molecule has 0 saturated carbocycles. The van der Waals surface area contributed by atoms with Crippen molar-refractivity contribution in [3.8, 4) is 0 Å². The molecule has 5 nitrogen and oxygen atoms in total. The Kier molecular flexibility index (Phi) is 5.04. The maximum Gasteiger partial charge on any atom is 0.374 e. The van der Waals surface area contributed by atoms with E-state index in [1.165, 1.54) is 13.9 Å². The molecule has 0 amide bonds. The molecule has 0 bridgehead atoms. The average molecular weight is 290 g/mol. The topological polar surface area (TPSA) is 71.7 Å². The number of methoxy groups -OCH3 is 1. The molecule has 0 aliphatic rings. The number of furan rings is 1. The van der Waals surface area contributed by atoms with Gasteiger partial charge in [-0.15, -0.1) is 0 Å². The van der Waals surface area contributed by atoms with E-state index in [0.717, 1.165) is 0 Å². The van der Waals surface area contributed by atoms with E-state index in [2.05, 4.69) is 25.9 Å². The molecule has 1 aromatic heterocycles. The Morgan fingerprint density at radius 1 is 1.75 bits per heavy atom. The summed E-state index contributed by atoms with van der Waals surface area (Å²) in [5.74, 6) is 0.198. The van der Waals surface area contributed by atoms with Crippen molar-refractivity contribution < 1.29 is 19.0 Å². The molecule has 1 heterocycles. The van der Waals surface area contributed by atoms with Crippen molar-refractivity contribution in [3.63, 3.8) is 0 Å². The molecule has 0 spiro atoms. The van der Waals surface area contributed by atoms with Gasteiger partial charge in [-0.25, -0.2) is 0 Å². The van der Waals surface area contributed by atoms with Crippen LogP contribution >= 0.6 is 15.9 Å². The minimum atomic E-state index is -0.789. The van der Waals surface area contributed by atoms with Crippen LogP contribution in [0, 0.1) is 0 Å². The smallest absolute Gasteiger partial charge is 0.374 e. The average Bonchev–Trinajstić information content (AvgIpc) is 2.61. The predicted octanol–water partition coefficient (Wildman–Crippen LogP) is 0.826. The zero-order valence-electron chi connectivity index (χ0n) is 9.07. The number of carbonyl (C=O) groups excluding carboxylic acids is 1. The lowest BCUT2D eigenvalue weighted by Crippen LogP contribution is -2.46. The SMILES string of the molecule is COC(=O)[C@H](Cc1ccc(Br)o1)NB(C)O. The third-order valence-corrected chi connectivity index (χ3v) is 2.39. The molecule has 0 radical (unpaired) electrons. The maximum atomic E-state index is 11.4. The number of carbonyl (C=O) groups is 1. The summed E-state index contributed by atoms with van der Waals surface area (Å²) in [6, 6.07) is 2.87. The van der Waals surface area contributed by atoms with Gasteiger partial charge in [0, 0.05) is 6.42 Å². The number of nitrogens with one attached hydrogen (secondary N) is 1. The first-order chi connectivity index (χ1) is 7.52. The lowest BCUT2D eigenvalue weighted by molar-refractivity contribution is -0.142. The largest absolute Gasteiger partial charge is 0.468 e. The molecule has 1 rings (SSSR count). The van der Waals surface area contributed by atoms with E-state index in [1.54, 1.807) is 12.1 Å². The van der Waals surface area contributed by atoms with Gasteiger partial charge in [0.1, 0.15) is 11.8 Å². The maximum absolute atomic E-state index is 11.4. The molecule has 88 valence electrons. The van der Waals surface area contributed by atoms with Crippen LogP contribution in [0.15, 0.2) is 21.2 Å². The summed E-state index contributed by atoms with van der Waals surface area (Å²) in [4.78, 5) is 11.4. The summed E-state index contributed by atoms with van der Waals surface area (Å²) in [6.45, 7) is 1.54. The van der Waals surface area contributed by atoms with Crippen LogP contribution < -0.4 is 5.23 Å². The lowest BCUT2D eigenvalue weighted by Gasteiger charge is -2.15. The van der Waals surface area contributed by atoms with Crippen LogP contribution in [0.3, 0.4) is 0 Å². The molecule has 1 aromatic rings. The van der Waals surface area contributed by atoms with Gasteiger partial charge in [0.25, 0.3) is 0 Å². The molecule has 7 heteroatoms. The number of hydrogen-bond donors (Lipinski definition) is 2. The molecule has 0 aliphatic heterocycles. The number of hydrogen-bond acceptors (Lipinski definition) is 5. The third-order valence-electron chi connectivity index (χ3n) is 1.96. The number of halogens is 1. The highest BCUT2D eigenvalue weighted by atomic mass is 79.9. The quantitative estimate of drug-likeness (QED) is 0.620. The minimum absolute atomic E-state index is 0.323. The minimum Gasteiger partial charge on any atom is -0.468 e. The highest BCUT2D eigenvalue weighted by molar-refractivity contribution is 9.10. The van der Waals surface area contributed by atoms with Crippen LogP contribution in [-0.4, -0.2) is 31.2 Å². The van der Waals surface area contributed by atoms with Gasteiger partial charge in [-0.3, -0.25) is 4.79 Å². The molecule has 0 unspecified atom stereocenters. The Bertz CT molecular complexity index is 355. The summed E-state index contributed by atoms with van der Waals surface area (Å²) in [7, 11) is 0.513. The van der Waals surface area contributed by atoms with Crippen LogP contribution in [0.1, 0.15) is 5.76 Å². The van der Waals surface area contributed by atoms with E-state index in [9.17, 15) is 9.82 Å². The lowest BCUT2D eigenvalue weighted by atomic mass is 9.86. The number of rotatable bonds is 5. The Morgan fingerprint density at radius 2 is 2.44 bits per heavy atom. The zero-order valence-corrected chi connectivity index (χ0v) is 10.7. The first-order valence-corrected chi connectivity index (χ1v) is 5.58. The van der Waals surface area contributed by atoms with Crippen molar-refractivity contribution in [2.45, 2.75) is 19.3 Å². The Balaban J connectivity index is 2.66. The van der Waals surface area contributed by atoms with E-state index >= 15 is 0 Å². The monoisotopic (exact) mass is 289 g/mol. The van der Waals surface area contributed by atoms with Crippen molar-refractivity contribution >= 4 is 28.9 Å². The van der Waals surface area contributed by atoms with Gasteiger partial charge in [0.2, 0.25) is 0 Å². The van der Waals surface area contributed by atoms with Gasteiger partial charge >= 0.3 is 13.0 Å². The summed E-state index contributed by atoms with van der Waals surface area (Å²) in [5.41, 5.74) is 0. The van der Waals surface area contributed by atoms with Gasteiger partial charge in [0.05, 0.1) is 7.11 Å². The fourth-order valence-corrected chi connectivity index (χ4v) is 1.65. The van der Waals surface area contributed by atoms with Crippen LogP contribution in [0.2, 0.25) is 6.82 Å². The first-order valence-electron chi connectivity index (χ1n) is 4.79. The van der Waals surface area contributed by atoms with E-state index < -0.39 is 19.1 Å². The van der Waals surface area contributed by atoms with Crippen molar-refractivity contribution in [2.24, 2.45) is 0 Å². The van der Waals surface area contributed by atoms with Crippen LogP contribution in [0.25, 0.3) is 0 Å². The highest BCUT2D eigenvalue weighted by Gasteiger charge is 2.23. The highest BCUT2D eigenvalue weighted by Crippen LogP contribution is 2.15. The van der Waals surface area contributed by atoms with Crippen LogP contribution in [0.4, 0.5) is 0 Å². The number of esters is 1. The van der Waals surface area contributed by atoms with E-state index in [0.29, 0.717) is 16.9 Å². The molecular formula is C9H13BBrNO4. The molecule has 2 N–H and O–H groups in total. The Labute approximate surface area is 102 Å². The Hall–Kier alpha value is -0.785. The fraction of sp³-hybridized carbons (Fsp3) is 0.444. The molecule has 1 atom stereocenters. The van der Waals surface area contributed by atoms with Gasteiger partial charge in [-0.05, 0) is 34.9 Å². The summed E-state index contributed by atoms with van der Waals surface area (Å²) in [6.07, 6.45) is 0.323. The first kappa shape index (κ1) is 13.3. The van der Waals surface area contributed by atoms with Gasteiger partial charge in [-0.1, -0.05) is 0 Å². The van der Waals surface area contributed by atoms with Crippen LogP contribution in [-0.2, 0) is 16.0 Å². The van der Waals surface area contributed by atoms with Gasteiger partial charge in [0.15, 0.2) is 4.67 Å². The van der Waals surface area contributed by atoms with Crippen molar-refractivity contribution in [1.82, 2.24) is 5.23 Å². The Morgan fingerprint density at radius 3 is 2.88 bits per heavy atom. The van der Waals surface area contributed by atoms with Crippen molar-refractivity contribution in [3.05, 3.63) is 22.6 Å². The summed E-state index contributed by atoms with van der Waals surface area (Å²) >= 11 is 3.17. The molecule has 0 aliphatic carbocycles. The van der Waals surface area contributed by atoms with Gasteiger partial charge in [-0.2, -0.15) is 0 Å². The van der Waals surface area contributed by atoms with E-state index in [4.69, 9.17) is 4.42 Å². The molecule has 0 fully saturated rings. The summed E-state index contributed by atoms with van der Waals surface area (Å²) in [5, 5.41) is 11.9. The van der Waals surface area contributed by atoms with Crippen LogP contribution in [0.5, 0.6) is 0 Å². The number of ether oxygens (including phenoxy) is 1. The van der Waals surface area contributed by atoms with E-state index in [-0.39, 0.29) is 0 Å². The normalized spacial score (nSPS) is 12.2. The second-order valence-electron chi connectivity index (χ2n) is 3.33. The zero-order chi connectivity index (χ0) is 12.1. The van der Waals surface area contributed by atoms with Crippen molar-refractivity contribution in [2.75, 3.05) is 7.11 Å². The third kappa shape index (κ3) is 4.00.